The fraction of sp³-hybridized carbons (Fsp3) is 0.464. The zero-order chi connectivity index (χ0) is 34.8. The van der Waals surface area contributed by atoms with Crippen molar-refractivity contribution in [3.05, 3.63) is 60.3 Å². The number of alkyl halides is 3. The number of aromatic nitrogens is 3. The van der Waals surface area contributed by atoms with Gasteiger partial charge in [-0.2, -0.15) is 26.7 Å². The molecule has 2 fully saturated rings. The van der Waals surface area contributed by atoms with Gasteiger partial charge in [-0.15, -0.1) is 5.10 Å². The van der Waals surface area contributed by atoms with Crippen molar-refractivity contribution in [2.75, 3.05) is 18.1 Å². The molecule has 2 N–H and O–H groups in total. The number of hydrogen-bond acceptors (Lipinski definition) is 8. The first-order valence-corrected chi connectivity index (χ1v) is 14.4. The number of carbonyl (C=O) groups is 1. The lowest BCUT2D eigenvalue weighted by Gasteiger charge is -2.34. The van der Waals surface area contributed by atoms with Crippen LogP contribution in [-0.4, -0.2) is 65.2 Å². The monoisotopic (exact) mass is 646 g/mol. The van der Waals surface area contributed by atoms with E-state index in [1.807, 2.05) is 4.72 Å². The number of halogens is 3. The minimum absolute atomic E-state index is 0. The molecule has 2 atom stereocenters. The summed E-state index contributed by atoms with van der Waals surface area (Å²) >= 11 is 0. The van der Waals surface area contributed by atoms with Crippen LogP contribution in [0.4, 0.5) is 19.0 Å². The average Bonchev–Trinajstić information content (AvgIpc) is 3.62. The van der Waals surface area contributed by atoms with Crippen LogP contribution >= 0.6 is 13.5 Å². The van der Waals surface area contributed by atoms with Gasteiger partial charge in [-0.1, -0.05) is 25.1 Å². The Bertz CT molecular complexity index is 1770. The van der Waals surface area contributed by atoms with Crippen molar-refractivity contribution in [1.29, 1.82) is 0 Å². The maximum Gasteiger partial charge on any atom is 0.397 e. The Morgan fingerprint density at radius 3 is 2.53 bits per heavy atom. The van der Waals surface area contributed by atoms with Gasteiger partial charge in [0, 0.05) is 31.2 Å². The van der Waals surface area contributed by atoms with Gasteiger partial charge in [0.25, 0.3) is 15.9 Å². The Morgan fingerprint density at radius 2 is 1.93 bits per heavy atom. The number of nitrogens with zero attached hydrogens (tertiary/aromatic N) is 4. The molecule has 234 valence electrons. The third-order valence-corrected chi connectivity index (χ3v) is 8.74. The molecule has 5 rings (SSSR count). The van der Waals surface area contributed by atoms with Gasteiger partial charge < -0.3 is 14.7 Å². The van der Waals surface area contributed by atoms with E-state index in [1.54, 1.807) is 6.07 Å². The van der Waals surface area contributed by atoms with Crippen molar-refractivity contribution in [1.82, 2.24) is 19.5 Å². The SMILES string of the molecule is S.[2H]C([2H])([2H])[C@@H]1CN(c2nc(-n3ccc(OCC(O)C4(C(F)(F)F)CC4)n3)ccc2C(=O)NS(=O)(=O)c2ccccc2)C(C)(C)C1([2H])[2H]. The van der Waals surface area contributed by atoms with Gasteiger partial charge in [-0.3, -0.25) is 4.79 Å². The highest BCUT2D eigenvalue weighted by Crippen LogP contribution is 2.59. The number of benzene rings is 1. The maximum absolute atomic E-state index is 13.5. The molecule has 43 heavy (non-hydrogen) atoms. The molecule has 15 heteroatoms. The van der Waals surface area contributed by atoms with Crippen LogP contribution in [0.2, 0.25) is 0 Å². The van der Waals surface area contributed by atoms with Crippen LogP contribution in [0.1, 0.15) is 57.1 Å². The maximum atomic E-state index is 13.5. The minimum Gasteiger partial charge on any atom is -0.474 e. The minimum atomic E-state index is -4.60. The largest absolute Gasteiger partial charge is 0.474 e. The molecular weight excluding hydrogens is 607 g/mol. The quantitative estimate of drug-likeness (QED) is 0.354. The number of rotatable bonds is 9. The summed E-state index contributed by atoms with van der Waals surface area (Å²) in [6.07, 6.45) is -7.85. The number of hydrogen-bond donors (Lipinski definition) is 2. The zero-order valence-corrected chi connectivity index (χ0v) is 24.9. The smallest absolute Gasteiger partial charge is 0.397 e. The number of carbonyl (C=O) groups excluding carboxylic acids is 1. The van der Waals surface area contributed by atoms with E-state index in [0.717, 1.165) is 4.68 Å². The first-order chi connectivity index (χ1) is 21.6. The van der Waals surface area contributed by atoms with Crippen LogP contribution < -0.4 is 14.4 Å². The molecule has 0 bridgehead atoms. The van der Waals surface area contributed by atoms with Crippen molar-refractivity contribution in [3.8, 4) is 11.7 Å². The van der Waals surface area contributed by atoms with Crippen LogP contribution in [0.25, 0.3) is 5.82 Å². The molecule has 2 aliphatic rings. The zero-order valence-electron chi connectivity index (χ0n) is 28.1. The van der Waals surface area contributed by atoms with Gasteiger partial charge in [0.1, 0.15) is 18.5 Å². The summed E-state index contributed by atoms with van der Waals surface area (Å²) in [4.78, 5) is 19.1. The highest BCUT2D eigenvalue weighted by atomic mass is 32.2. The van der Waals surface area contributed by atoms with Crippen molar-refractivity contribution in [3.63, 3.8) is 0 Å². The molecule has 1 amide bonds. The molecule has 1 aliphatic heterocycles. The molecule has 2 aromatic heterocycles. The Hall–Kier alpha value is -3.30. The Kier molecular flexibility index (Phi) is 7.08. The third-order valence-electron chi connectivity index (χ3n) is 7.39. The lowest BCUT2D eigenvalue weighted by Crippen LogP contribution is -2.41. The van der Waals surface area contributed by atoms with E-state index < -0.39 is 71.5 Å². The van der Waals surface area contributed by atoms with Crippen LogP contribution in [0.5, 0.6) is 5.88 Å². The molecule has 1 saturated carbocycles. The summed E-state index contributed by atoms with van der Waals surface area (Å²) in [5, 5.41) is 14.3. The molecule has 1 unspecified atom stereocenters. The van der Waals surface area contributed by atoms with Gasteiger partial charge in [-0.25, -0.2) is 22.8 Å². The number of aliphatic hydroxyl groups is 1. The predicted molar refractivity (Wildman–Crippen MR) is 157 cm³/mol. The predicted octanol–water partition coefficient (Wildman–Crippen LogP) is 4.21. The molecule has 1 aliphatic carbocycles. The van der Waals surface area contributed by atoms with Crippen LogP contribution in [0.15, 0.2) is 59.6 Å². The van der Waals surface area contributed by atoms with E-state index in [0.29, 0.717) is 0 Å². The third kappa shape index (κ3) is 6.48. The molecular formula is C28H34F3N5O5S2. The molecule has 1 saturated heterocycles. The van der Waals surface area contributed by atoms with Crippen molar-refractivity contribution < 1.29 is 43.1 Å². The highest BCUT2D eigenvalue weighted by molar-refractivity contribution is 7.90. The number of sulfonamides is 1. The second kappa shape index (κ2) is 11.7. The summed E-state index contributed by atoms with van der Waals surface area (Å²) in [5.41, 5.74) is -4.11. The van der Waals surface area contributed by atoms with E-state index in [1.165, 1.54) is 67.4 Å². The molecule has 0 spiro atoms. The summed E-state index contributed by atoms with van der Waals surface area (Å²) in [6, 6.07) is 10.9. The van der Waals surface area contributed by atoms with Gasteiger partial charge in [0.05, 0.1) is 15.9 Å². The summed E-state index contributed by atoms with van der Waals surface area (Å²) in [7, 11) is -4.36. The molecule has 10 nitrogen and oxygen atoms in total. The van der Waals surface area contributed by atoms with Gasteiger partial charge in [0.15, 0.2) is 5.82 Å². The lowest BCUT2D eigenvalue weighted by molar-refractivity contribution is -0.217. The number of anilines is 1. The Labute approximate surface area is 261 Å². The topological polar surface area (TPSA) is 127 Å². The normalized spacial score (nSPS) is 23.0. The van der Waals surface area contributed by atoms with Gasteiger partial charge in [0.2, 0.25) is 5.88 Å². The lowest BCUT2D eigenvalue weighted by atomic mass is 9.97. The molecule has 3 heterocycles. The van der Waals surface area contributed by atoms with E-state index in [-0.39, 0.29) is 54.3 Å². The van der Waals surface area contributed by atoms with E-state index in [4.69, 9.17) is 11.6 Å². The number of amides is 1. The fourth-order valence-corrected chi connectivity index (χ4v) is 5.86. The molecule has 1 aromatic carbocycles. The second-order valence-corrected chi connectivity index (χ2v) is 12.4. The highest BCUT2D eigenvalue weighted by Gasteiger charge is 2.67. The van der Waals surface area contributed by atoms with Gasteiger partial charge in [-0.05, 0) is 63.2 Å². The first kappa shape index (κ1) is 26.1. The number of aliphatic hydroxyl groups excluding tert-OH is 1. The molecule has 0 radical (unpaired) electrons. The Balaban J connectivity index is 0.00000520. The fourth-order valence-electron chi connectivity index (χ4n) is 4.87. The summed E-state index contributed by atoms with van der Waals surface area (Å²) < 4.78 is 116. The van der Waals surface area contributed by atoms with E-state index >= 15 is 0 Å². The van der Waals surface area contributed by atoms with Crippen molar-refractivity contribution in [2.24, 2.45) is 11.3 Å². The van der Waals surface area contributed by atoms with Crippen LogP contribution in [-0.2, 0) is 10.0 Å². The Morgan fingerprint density at radius 1 is 1.23 bits per heavy atom. The van der Waals surface area contributed by atoms with E-state index in [9.17, 15) is 31.5 Å². The average molecular weight is 647 g/mol. The van der Waals surface area contributed by atoms with Crippen molar-refractivity contribution >= 4 is 35.2 Å². The van der Waals surface area contributed by atoms with E-state index in [2.05, 4.69) is 10.1 Å². The van der Waals surface area contributed by atoms with Crippen LogP contribution in [0.3, 0.4) is 0 Å². The van der Waals surface area contributed by atoms with Crippen molar-refractivity contribution in [2.45, 2.75) is 62.6 Å². The summed E-state index contributed by atoms with van der Waals surface area (Å²) in [6.45, 7) is -0.957. The van der Waals surface area contributed by atoms with Crippen LogP contribution in [0, 0.1) is 11.3 Å². The standard InChI is InChI=1S/C28H32F3N5O5S.H2S/c1-18-15-26(2,3)35(16-18)24-20(25(38)34-42(39,40)19-7-5-4-6-8-19)9-10-22(32-24)36-14-11-23(33-36)41-17-21(37)27(12-13-27)28(29,30)31;/h4-11,14,18,21,37H,12-13,15-17H2,1-3H3,(H,34,38);1H2/t18-,21?;/m0./s1/i1D3,15D2;. The molecule has 3 aromatic rings. The number of ether oxygens (including phenoxy) is 1. The first-order valence-electron chi connectivity index (χ1n) is 15.5. The number of nitrogens with one attached hydrogen (secondary N) is 1. The second-order valence-electron chi connectivity index (χ2n) is 10.7. The number of pyridine rings is 1. The van der Waals surface area contributed by atoms with Gasteiger partial charge >= 0.3 is 6.18 Å². The summed E-state index contributed by atoms with van der Waals surface area (Å²) in [5.74, 6) is -3.02.